The molecular formula is C9H3BrClF3N2O. The number of furan rings is 1. The Kier molecular flexibility index (Phi) is 3.13. The molecule has 0 atom stereocenters. The average molecular weight is 327 g/mol. The number of halogens is 5. The lowest BCUT2D eigenvalue weighted by Gasteiger charge is -2.06. The summed E-state index contributed by atoms with van der Waals surface area (Å²) in [5.74, 6) is -1.14. The quantitative estimate of drug-likeness (QED) is 0.738. The van der Waals surface area contributed by atoms with Crippen LogP contribution < -0.4 is 0 Å². The van der Waals surface area contributed by atoms with Gasteiger partial charge in [0.05, 0.1) is 10.7 Å². The van der Waals surface area contributed by atoms with E-state index in [4.69, 9.17) is 16.0 Å². The second kappa shape index (κ2) is 4.30. The van der Waals surface area contributed by atoms with Crippen LogP contribution in [0.25, 0.3) is 11.5 Å². The second-order valence-electron chi connectivity index (χ2n) is 2.99. The van der Waals surface area contributed by atoms with Gasteiger partial charge in [-0.25, -0.2) is 9.97 Å². The Hall–Kier alpha value is -1.08. The molecule has 0 spiro atoms. The third kappa shape index (κ3) is 2.61. The molecule has 0 saturated heterocycles. The lowest BCUT2D eigenvalue weighted by molar-refractivity contribution is -0.144. The minimum atomic E-state index is -4.65. The fourth-order valence-corrected chi connectivity index (χ4v) is 1.73. The van der Waals surface area contributed by atoms with Crippen LogP contribution in [0.15, 0.2) is 27.3 Å². The van der Waals surface area contributed by atoms with Gasteiger partial charge in [0.25, 0.3) is 0 Å². The van der Waals surface area contributed by atoms with Crippen molar-refractivity contribution in [2.75, 3.05) is 0 Å². The maximum Gasteiger partial charge on any atom is 0.451 e. The van der Waals surface area contributed by atoms with E-state index in [1.165, 1.54) is 12.3 Å². The van der Waals surface area contributed by atoms with Crippen molar-refractivity contribution >= 4 is 27.5 Å². The van der Waals surface area contributed by atoms with Crippen molar-refractivity contribution in [2.45, 2.75) is 6.18 Å². The number of nitrogens with zero attached hydrogens (tertiary/aromatic N) is 2. The van der Waals surface area contributed by atoms with Crippen molar-refractivity contribution in [3.05, 3.63) is 33.8 Å². The Balaban J connectivity index is 2.57. The largest absolute Gasteiger partial charge is 0.461 e. The minimum Gasteiger partial charge on any atom is -0.461 e. The first-order chi connectivity index (χ1) is 7.88. The van der Waals surface area contributed by atoms with Crippen LogP contribution in [0.2, 0.25) is 5.15 Å². The third-order valence-electron chi connectivity index (χ3n) is 1.80. The van der Waals surface area contributed by atoms with Crippen LogP contribution in [0.4, 0.5) is 13.2 Å². The SMILES string of the molecule is FC(F)(F)c1nc(Cl)cc(-c2occc2Br)n1. The number of rotatable bonds is 1. The fourth-order valence-electron chi connectivity index (χ4n) is 1.14. The zero-order valence-electron chi connectivity index (χ0n) is 7.92. The third-order valence-corrected chi connectivity index (χ3v) is 2.62. The van der Waals surface area contributed by atoms with E-state index in [1.807, 2.05) is 0 Å². The van der Waals surface area contributed by atoms with Gasteiger partial charge < -0.3 is 4.42 Å². The predicted molar refractivity (Wildman–Crippen MR) is 57.4 cm³/mol. The van der Waals surface area contributed by atoms with Crippen molar-refractivity contribution in [3.63, 3.8) is 0 Å². The summed E-state index contributed by atoms with van der Waals surface area (Å²) in [5, 5.41) is -0.300. The Morgan fingerprint density at radius 2 is 2.00 bits per heavy atom. The van der Waals surface area contributed by atoms with Gasteiger partial charge in [0, 0.05) is 6.07 Å². The molecule has 0 N–H and O–H groups in total. The van der Waals surface area contributed by atoms with Crippen LogP contribution in [-0.4, -0.2) is 9.97 Å². The molecule has 0 unspecified atom stereocenters. The average Bonchev–Trinajstić information content (AvgIpc) is 2.62. The van der Waals surface area contributed by atoms with E-state index in [0.717, 1.165) is 0 Å². The molecule has 0 aromatic carbocycles. The molecule has 0 fully saturated rings. The molecule has 3 nitrogen and oxygen atoms in total. The highest BCUT2D eigenvalue weighted by atomic mass is 79.9. The van der Waals surface area contributed by atoms with Crippen molar-refractivity contribution in [3.8, 4) is 11.5 Å². The molecule has 90 valence electrons. The summed E-state index contributed by atoms with van der Waals surface area (Å²) < 4.78 is 42.9. The molecule has 2 aromatic heterocycles. The molecule has 0 aliphatic heterocycles. The first kappa shape index (κ1) is 12.4. The molecule has 0 bridgehead atoms. The maximum absolute atomic E-state index is 12.5. The monoisotopic (exact) mass is 326 g/mol. The van der Waals surface area contributed by atoms with Gasteiger partial charge in [-0.05, 0) is 22.0 Å². The summed E-state index contributed by atoms with van der Waals surface area (Å²) in [6, 6.07) is 2.74. The zero-order valence-corrected chi connectivity index (χ0v) is 10.3. The van der Waals surface area contributed by atoms with Gasteiger partial charge in [-0.2, -0.15) is 13.2 Å². The van der Waals surface area contributed by atoms with Crippen molar-refractivity contribution in [2.24, 2.45) is 0 Å². The topological polar surface area (TPSA) is 38.9 Å². The van der Waals surface area contributed by atoms with Crippen LogP contribution in [0.5, 0.6) is 0 Å². The molecule has 8 heteroatoms. The van der Waals surface area contributed by atoms with Gasteiger partial charge in [0.2, 0.25) is 5.82 Å². The van der Waals surface area contributed by atoms with Gasteiger partial charge in [-0.3, -0.25) is 0 Å². The lowest BCUT2D eigenvalue weighted by Crippen LogP contribution is -2.11. The summed E-state index contributed by atoms with van der Waals surface area (Å²) in [5.41, 5.74) is -0.0331. The lowest BCUT2D eigenvalue weighted by atomic mass is 10.3. The van der Waals surface area contributed by atoms with Crippen molar-refractivity contribution < 1.29 is 17.6 Å². The number of aromatic nitrogens is 2. The predicted octanol–water partition coefficient (Wildman–Crippen LogP) is 4.17. The van der Waals surface area contributed by atoms with Gasteiger partial charge in [0.15, 0.2) is 5.76 Å². The molecule has 2 aromatic rings. The minimum absolute atomic E-state index is 0.0331. The summed E-state index contributed by atoms with van der Waals surface area (Å²) >= 11 is 8.64. The highest BCUT2D eigenvalue weighted by Crippen LogP contribution is 2.32. The van der Waals surface area contributed by atoms with E-state index < -0.39 is 12.0 Å². The van der Waals surface area contributed by atoms with Crippen LogP contribution in [0, 0.1) is 0 Å². The van der Waals surface area contributed by atoms with Gasteiger partial charge in [-0.15, -0.1) is 0 Å². The number of alkyl halides is 3. The molecule has 2 heterocycles. The van der Waals surface area contributed by atoms with E-state index >= 15 is 0 Å². The van der Waals surface area contributed by atoms with Gasteiger partial charge in [-0.1, -0.05) is 11.6 Å². The van der Waals surface area contributed by atoms with Crippen molar-refractivity contribution in [1.82, 2.24) is 9.97 Å². The second-order valence-corrected chi connectivity index (χ2v) is 4.24. The van der Waals surface area contributed by atoms with E-state index in [-0.39, 0.29) is 16.6 Å². The van der Waals surface area contributed by atoms with Crippen molar-refractivity contribution in [1.29, 1.82) is 0 Å². The van der Waals surface area contributed by atoms with Crippen LogP contribution in [-0.2, 0) is 6.18 Å². The molecule has 17 heavy (non-hydrogen) atoms. The van der Waals surface area contributed by atoms with E-state index in [9.17, 15) is 13.2 Å². The Bertz CT molecular complexity index is 555. The molecule has 0 amide bonds. The highest BCUT2D eigenvalue weighted by Gasteiger charge is 2.35. The normalized spacial score (nSPS) is 11.8. The van der Waals surface area contributed by atoms with Crippen LogP contribution in [0.3, 0.4) is 0 Å². The smallest absolute Gasteiger partial charge is 0.451 e. The Morgan fingerprint density at radius 3 is 2.53 bits per heavy atom. The zero-order chi connectivity index (χ0) is 12.6. The van der Waals surface area contributed by atoms with Gasteiger partial charge >= 0.3 is 6.18 Å². The van der Waals surface area contributed by atoms with Crippen LogP contribution >= 0.6 is 27.5 Å². The molecule has 0 aliphatic carbocycles. The molecule has 0 radical (unpaired) electrons. The van der Waals surface area contributed by atoms with E-state index in [1.54, 1.807) is 6.07 Å². The van der Waals surface area contributed by atoms with E-state index in [2.05, 4.69) is 25.9 Å². The fraction of sp³-hybridized carbons (Fsp3) is 0.111. The standard InChI is InChI=1S/C9H3BrClF3N2O/c10-4-1-2-17-7(4)5-3-6(11)16-8(15-5)9(12,13)14/h1-3H. The summed E-state index contributed by atoms with van der Waals surface area (Å²) in [6.07, 6.45) is -3.33. The first-order valence-corrected chi connectivity index (χ1v) is 5.40. The van der Waals surface area contributed by atoms with Gasteiger partial charge in [0.1, 0.15) is 10.8 Å². The Morgan fingerprint density at radius 1 is 1.29 bits per heavy atom. The number of hydrogen-bond acceptors (Lipinski definition) is 3. The summed E-state index contributed by atoms with van der Waals surface area (Å²) in [7, 11) is 0. The molecule has 2 rings (SSSR count). The van der Waals surface area contributed by atoms with Crippen LogP contribution in [0.1, 0.15) is 5.82 Å². The molecular weight excluding hydrogens is 324 g/mol. The molecule has 0 aliphatic rings. The molecule has 0 saturated carbocycles. The highest BCUT2D eigenvalue weighted by molar-refractivity contribution is 9.10. The maximum atomic E-state index is 12.5. The summed E-state index contributed by atoms with van der Waals surface area (Å²) in [6.45, 7) is 0. The Labute approximate surface area is 107 Å². The first-order valence-electron chi connectivity index (χ1n) is 4.23. The van der Waals surface area contributed by atoms with E-state index in [0.29, 0.717) is 4.47 Å². The summed E-state index contributed by atoms with van der Waals surface area (Å²) in [4.78, 5) is 6.48. The number of hydrogen-bond donors (Lipinski definition) is 0.